The summed E-state index contributed by atoms with van der Waals surface area (Å²) in [6, 6.07) is 4.69. The summed E-state index contributed by atoms with van der Waals surface area (Å²) in [7, 11) is 0. The number of ether oxygens (including phenoxy) is 1. The van der Waals surface area contributed by atoms with Gasteiger partial charge in [-0.25, -0.2) is 4.79 Å². The van der Waals surface area contributed by atoms with Crippen LogP contribution < -0.4 is 0 Å². The third kappa shape index (κ3) is 7.74. The normalized spacial score (nSPS) is 14.8. The van der Waals surface area contributed by atoms with E-state index in [1.54, 1.807) is 0 Å². The molecule has 2 rings (SSSR count). The van der Waals surface area contributed by atoms with Gasteiger partial charge in [-0.1, -0.05) is 51.2 Å². The molecule has 0 atom stereocenters. The van der Waals surface area contributed by atoms with E-state index in [1.165, 1.54) is 42.1 Å². The van der Waals surface area contributed by atoms with E-state index < -0.39 is 17.7 Å². The number of benzene rings is 1. The molecular weight excluding hydrogens is 421 g/mol. The standard InChI is InChI=1S/C21H25F3O3S2/c1-2-3-4-5-6-7-11-27-19(26)18(20-28-13-17(25)14-29-20)15-9-8-10-16(12-15)21(22,23)24/h8-10,12H,2-7,11,13-14H2,1H3. The largest absolute Gasteiger partial charge is 0.462 e. The van der Waals surface area contributed by atoms with Crippen molar-refractivity contribution in [2.75, 3.05) is 18.1 Å². The highest BCUT2D eigenvalue weighted by molar-refractivity contribution is 8.24. The summed E-state index contributed by atoms with van der Waals surface area (Å²) in [5, 5.41) is 0. The minimum Gasteiger partial charge on any atom is -0.462 e. The van der Waals surface area contributed by atoms with Crippen molar-refractivity contribution in [2.24, 2.45) is 0 Å². The number of unbranched alkanes of at least 4 members (excludes halogenated alkanes) is 5. The van der Waals surface area contributed by atoms with Crippen LogP contribution in [0.15, 0.2) is 28.5 Å². The molecule has 0 unspecified atom stereocenters. The van der Waals surface area contributed by atoms with Gasteiger partial charge in [-0.3, -0.25) is 4.79 Å². The quantitative estimate of drug-likeness (QED) is 0.252. The number of esters is 1. The van der Waals surface area contributed by atoms with Crippen LogP contribution in [-0.4, -0.2) is 29.9 Å². The molecule has 0 saturated carbocycles. The van der Waals surface area contributed by atoms with E-state index in [1.807, 2.05) is 0 Å². The Morgan fingerprint density at radius 1 is 1.07 bits per heavy atom. The van der Waals surface area contributed by atoms with Crippen molar-refractivity contribution in [2.45, 2.75) is 51.6 Å². The highest BCUT2D eigenvalue weighted by Gasteiger charge is 2.32. The monoisotopic (exact) mass is 446 g/mol. The molecule has 0 amide bonds. The van der Waals surface area contributed by atoms with Crippen LogP contribution >= 0.6 is 23.5 Å². The Morgan fingerprint density at radius 2 is 1.72 bits per heavy atom. The zero-order valence-corrected chi connectivity index (χ0v) is 18.0. The van der Waals surface area contributed by atoms with E-state index in [0.717, 1.165) is 44.2 Å². The van der Waals surface area contributed by atoms with Gasteiger partial charge in [0.2, 0.25) is 0 Å². The van der Waals surface area contributed by atoms with E-state index in [4.69, 9.17) is 4.74 Å². The Bertz CT molecular complexity index is 733. The highest BCUT2D eigenvalue weighted by Crippen LogP contribution is 2.41. The first-order valence-corrected chi connectivity index (χ1v) is 11.7. The lowest BCUT2D eigenvalue weighted by Crippen LogP contribution is -2.15. The fraction of sp³-hybridized carbons (Fsp3) is 0.524. The topological polar surface area (TPSA) is 43.4 Å². The minimum atomic E-state index is -4.50. The van der Waals surface area contributed by atoms with Crippen molar-refractivity contribution in [1.29, 1.82) is 0 Å². The molecule has 0 N–H and O–H groups in total. The number of alkyl halides is 3. The van der Waals surface area contributed by atoms with Crippen molar-refractivity contribution in [3.8, 4) is 0 Å². The van der Waals surface area contributed by atoms with Crippen LogP contribution in [0.25, 0.3) is 5.57 Å². The molecule has 0 bridgehead atoms. The van der Waals surface area contributed by atoms with Gasteiger partial charge < -0.3 is 4.74 Å². The van der Waals surface area contributed by atoms with Crippen LogP contribution in [-0.2, 0) is 20.5 Å². The number of halogens is 3. The zero-order valence-electron chi connectivity index (χ0n) is 16.3. The first-order valence-electron chi connectivity index (χ1n) is 9.69. The molecule has 1 aliphatic rings. The molecule has 29 heavy (non-hydrogen) atoms. The van der Waals surface area contributed by atoms with Crippen LogP contribution in [0.1, 0.15) is 56.6 Å². The summed E-state index contributed by atoms with van der Waals surface area (Å²) in [4.78, 5) is 24.3. The lowest BCUT2D eigenvalue weighted by Gasteiger charge is -2.18. The lowest BCUT2D eigenvalue weighted by molar-refractivity contribution is -0.138. The van der Waals surface area contributed by atoms with E-state index in [-0.39, 0.29) is 35.0 Å². The number of hydrogen-bond acceptors (Lipinski definition) is 5. The molecule has 1 fully saturated rings. The molecule has 3 nitrogen and oxygen atoms in total. The van der Waals surface area contributed by atoms with Gasteiger partial charge in [-0.2, -0.15) is 13.2 Å². The fourth-order valence-electron chi connectivity index (χ4n) is 2.81. The molecule has 0 aliphatic carbocycles. The number of rotatable bonds is 9. The van der Waals surface area contributed by atoms with Gasteiger partial charge in [0.1, 0.15) is 0 Å². The maximum atomic E-state index is 13.1. The van der Waals surface area contributed by atoms with Crippen molar-refractivity contribution in [1.82, 2.24) is 0 Å². The second-order valence-corrected chi connectivity index (χ2v) is 8.99. The predicted octanol–water partition coefficient (Wildman–Crippen LogP) is 6.33. The van der Waals surface area contributed by atoms with Crippen molar-refractivity contribution < 1.29 is 27.5 Å². The van der Waals surface area contributed by atoms with Gasteiger partial charge in [0.25, 0.3) is 0 Å². The average molecular weight is 447 g/mol. The molecule has 1 aliphatic heterocycles. The van der Waals surface area contributed by atoms with Crippen LogP contribution in [0.2, 0.25) is 0 Å². The molecule has 8 heteroatoms. The maximum Gasteiger partial charge on any atom is 0.416 e. The average Bonchev–Trinajstić information content (AvgIpc) is 2.68. The van der Waals surface area contributed by atoms with E-state index in [0.29, 0.717) is 4.24 Å². The van der Waals surface area contributed by atoms with Crippen LogP contribution in [0.3, 0.4) is 0 Å². The summed E-state index contributed by atoms with van der Waals surface area (Å²) in [6.07, 6.45) is 1.71. The lowest BCUT2D eigenvalue weighted by atomic mass is 10.0. The van der Waals surface area contributed by atoms with Gasteiger partial charge in [-0.15, -0.1) is 23.5 Å². The molecule has 0 spiro atoms. The number of hydrogen-bond donors (Lipinski definition) is 0. The first kappa shape index (κ1) is 23.9. The first-order chi connectivity index (χ1) is 13.8. The molecule has 1 saturated heterocycles. The second-order valence-electron chi connectivity index (χ2n) is 6.76. The highest BCUT2D eigenvalue weighted by atomic mass is 32.2. The minimum absolute atomic E-state index is 0.0348. The Hall–Kier alpha value is -1.41. The van der Waals surface area contributed by atoms with Crippen molar-refractivity contribution in [3.05, 3.63) is 39.6 Å². The molecular formula is C21H25F3O3S2. The van der Waals surface area contributed by atoms with Gasteiger partial charge >= 0.3 is 12.1 Å². The Morgan fingerprint density at radius 3 is 2.38 bits per heavy atom. The van der Waals surface area contributed by atoms with Crippen LogP contribution in [0, 0.1) is 0 Å². The molecule has 0 aromatic heterocycles. The summed E-state index contributed by atoms with van der Waals surface area (Å²) in [5.74, 6) is -0.194. The Balaban J connectivity index is 2.14. The van der Waals surface area contributed by atoms with Crippen molar-refractivity contribution in [3.63, 3.8) is 0 Å². The second kappa shape index (κ2) is 11.7. The number of carbonyl (C=O) groups is 2. The van der Waals surface area contributed by atoms with E-state index in [9.17, 15) is 22.8 Å². The number of thioether (sulfide) groups is 2. The molecule has 160 valence electrons. The number of Topliss-reactive ketones (excluding diaryl/α,β-unsaturated/α-hetero) is 1. The molecule has 1 heterocycles. The third-order valence-corrected chi connectivity index (χ3v) is 6.92. The summed E-state index contributed by atoms with van der Waals surface area (Å²) in [6.45, 7) is 2.37. The van der Waals surface area contributed by atoms with E-state index in [2.05, 4.69) is 6.92 Å². The van der Waals surface area contributed by atoms with E-state index >= 15 is 0 Å². The van der Waals surface area contributed by atoms with Crippen LogP contribution in [0.5, 0.6) is 0 Å². The predicted molar refractivity (Wildman–Crippen MR) is 113 cm³/mol. The van der Waals surface area contributed by atoms with Gasteiger partial charge in [-0.05, 0) is 24.1 Å². The molecule has 1 aromatic carbocycles. The SMILES string of the molecule is CCCCCCCCOC(=O)C(=C1SCC(=O)CS1)c1cccc(C(F)(F)F)c1. The third-order valence-electron chi connectivity index (χ3n) is 4.35. The van der Waals surface area contributed by atoms with Gasteiger partial charge in [0, 0.05) is 0 Å². The van der Waals surface area contributed by atoms with Crippen molar-refractivity contribution >= 4 is 40.8 Å². The maximum absolute atomic E-state index is 13.1. The Labute approximate surface area is 177 Å². The smallest absolute Gasteiger partial charge is 0.416 e. The van der Waals surface area contributed by atoms with Gasteiger partial charge in [0.05, 0.1) is 33.5 Å². The number of ketones is 1. The van der Waals surface area contributed by atoms with Gasteiger partial charge in [0.15, 0.2) is 5.78 Å². The number of carbonyl (C=O) groups excluding carboxylic acids is 2. The molecule has 0 radical (unpaired) electrons. The van der Waals surface area contributed by atoms with Crippen LogP contribution in [0.4, 0.5) is 13.2 Å². The zero-order chi connectivity index (χ0) is 21.3. The summed E-state index contributed by atoms with van der Waals surface area (Å²) >= 11 is 2.36. The summed E-state index contributed by atoms with van der Waals surface area (Å²) in [5.41, 5.74) is -0.541. The summed E-state index contributed by atoms with van der Waals surface area (Å²) < 4.78 is 45.3. The molecule has 1 aromatic rings. The Kier molecular flexibility index (Phi) is 9.62. The fourth-order valence-corrected chi connectivity index (χ4v) is 5.10.